The fourth-order valence-electron chi connectivity index (χ4n) is 1.93. The van der Waals surface area contributed by atoms with Gasteiger partial charge in [0.15, 0.2) is 0 Å². The van der Waals surface area contributed by atoms with E-state index in [-0.39, 0.29) is 5.41 Å². The molecule has 0 radical (unpaired) electrons. The number of benzene rings is 1. The maximum Gasteiger partial charge on any atom is 0.0981 e. The predicted molar refractivity (Wildman–Crippen MR) is 84.1 cm³/mol. The Morgan fingerprint density at radius 3 is 2.53 bits per heavy atom. The largest absolute Gasteiger partial charge is 0.380 e. The van der Waals surface area contributed by atoms with Gasteiger partial charge in [-0.05, 0) is 25.5 Å². The summed E-state index contributed by atoms with van der Waals surface area (Å²) in [5.41, 5.74) is 3.94. The van der Waals surface area contributed by atoms with Crippen molar-refractivity contribution in [2.45, 2.75) is 46.6 Å². The number of anilines is 1. The van der Waals surface area contributed by atoms with Gasteiger partial charge in [0.2, 0.25) is 0 Å². The van der Waals surface area contributed by atoms with Gasteiger partial charge in [0, 0.05) is 22.2 Å². The third-order valence-corrected chi connectivity index (χ3v) is 4.45. The molecule has 2 nitrogen and oxygen atoms in total. The molecule has 0 aliphatic rings. The second kappa shape index (κ2) is 5.33. The summed E-state index contributed by atoms with van der Waals surface area (Å²) in [6.45, 7) is 11.7. The Kier molecular flexibility index (Phi) is 3.95. The molecule has 0 saturated heterocycles. The van der Waals surface area contributed by atoms with Crippen LogP contribution >= 0.6 is 11.3 Å². The van der Waals surface area contributed by atoms with E-state index in [1.807, 2.05) is 6.20 Å². The van der Waals surface area contributed by atoms with Gasteiger partial charge in [0.05, 0.1) is 11.6 Å². The number of hydrogen-bond acceptors (Lipinski definition) is 3. The average molecular weight is 274 g/mol. The van der Waals surface area contributed by atoms with Crippen LogP contribution in [0.25, 0.3) is 0 Å². The van der Waals surface area contributed by atoms with Crippen LogP contribution in [0.15, 0.2) is 24.4 Å². The molecule has 2 rings (SSSR count). The van der Waals surface area contributed by atoms with E-state index < -0.39 is 0 Å². The molecule has 0 atom stereocenters. The smallest absolute Gasteiger partial charge is 0.0981 e. The van der Waals surface area contributed by atoms with E-state index in [1.54, 1.807) is 11.3 Å². The van der Waals surface area contributed by atoms with Gasteiger partial charge < -0.3 is 5.32 Å². The summed E-state index contributed by atoms with van der Waals surface area (Å²) in [6.07, 6.45) is 1.99. The highest BCUT2D eigenvalue weighted by Crippen LogP contribution is 2.27. The number of rotatable bonds is 3. The Morgan fingerprint density at radius 1 is 1.21 bits per heavy atom. The molecule has 0 aliphatic heterocycles. The fourth-order valence-corrected chi connectivity index (χ4v) is 2.84. The van der Waals surface area contributed by atoms with Crippen LogP contribution in [-0.2, 0) is 12.0 Å². The van der Waals surface area contributed by atoms with E-state index in [9.17, 15) is 0 Å². The molecule has 19 heavy (non-hydrogen) atoms. The topological polar surface area (TPSA) is 24.9 Å². The Bertz CT molecular complexity index is 564. The minimum absolute atomic E-state index is 0.142. The van der Waals surface area contributed by atoms with Gasteiger partial charge in [-0.15, -0.1) is 11.3 Å². The molecule has 1 N–H and O–H groups in total. The lowest BCUT2D eigenvalue weighted by Gasteiger charge is -2.13. The second-order valence-electron chi connectivity index (χ2n) is 6.05. The molecule has 3 heteroatoms. The van der Waals surface area contributed by atoms with E-state index in [2.05, 4.69) is 63.1 Å². The van der Waals surface area contributed by atoms with Crippen LogP contribution in [0.5, 0.6) is 0 Å². The summed E-state index contributed by atoms with van der Waals surface area (Å²) in [7, 11) is 0. The normalized spacial score (nSPS) is 11.6. The van der Waals surface area contributed by atoms with Gasteiger partial charge in [-0.3, -0.25) is 0 Å². The lowest BCUT2D eigenvalue weighted by atomic mass is 9.98. The molecule has 0 fully saturated rings. The molecule has 0 saturated carbocycles. The van der Waals surface area contributed by atoms with Crippen LogP contribution in [-0.4, -0.2) is 4.98 Å². The maximum atomic E-state index is 4.51. The van der Waals surface area contributed by atoms with Gasteiger partial charge in [0.1, 0.15) is 0 Å². The number of hydrogen-bond donors (Lipinski definition) is 1. The molecule has 1 aromatic heterocycles. The maximum absolute atomic E-state index is 4.51. The first kappa shape index (κ1) is 14.1. The summed E-state index contributed by atoms with van der Waals surface area (Å²) in [4.78, 5) is 5.80. The Morgan fingerprint density at radius 2 is 1.95 bits per heavy atom. The van der Waals surface area contributed by atoms with Crippen LogP contribution in [0.4, 0.5) is 5.69 Å². The predicted octanol–water partition coefficient (Wildman–Crippen LogP) is 4.67. The Balaban J connectivity index is 2.04. The van der Waals surface area contributed by atoms with Crippen molar-refractivity contribution in [2.24, 2.45) is 0 Å². The van der Waals surface area contributed by atoms with E-state index in [1.165, 1.54) is 26.7 Å². The monoisotopic (exact) mass is 274 g/mol. The zero-order valence-electron chi connectivity index (χ0n) is 12.4. The molecule has 1 heterocycles. The van der Waals surface area contributed by atoms with Crippen LogP contribution in [0.2, 0.25) is 0 Å². The standard InChI is InChI=1S/C16H22N2S/c1-11-6-7-14(12(2)8-11)17-9-13-10-18-15(19-13)16(3,4)5/h6-8,10,17H,9H2,1-5H3. The van der Waals surface area contributed by atoms with Gasteiger partial charge in [-0.2, -0.15) is 0 Å². The molecule has 0 unspecified atom stereocenters. The molecule has 1 aromatic carbocycles. The highest BCUT2D eigenvalue weighted by molar-refractivity contribution is 7.11. The minimum Gasteiger partial charge on any atom is -0.380 e. The highest BCUT2D eigenvalue weighted by atomic mass is 32.1. The third-order valence-electron chi connectivity index (χ3n) is 3.03. The van der Waals surface area contributed by atoms with Gasteiger partial charge in [-0.25, -0.2) is 4.98 Å². The van der Waals surface area contributed by atoms with Crippen molar-refractivity contribution in [3.05, 3.63) is 45.4 Å². The molecule has 102 valence electrons. The molecule has 0 bridgehead atoms. The average Bonchev–Trinajstić information content (AvgIpc) is 2.76. The van der Waals surface area contributed by atoms with Crippen molar-refractivity contribution >= 4 is 17.0 Å². The van der Waals surface area contributed by atoms with Crippen LogP contribution in [0.1, 0.15) is 41.8 Å². The highest BCUT2D eigenvalue weighted by Gasteiger charge is 2.17. The second-order valence-corrected chi connectivity index (χ2v) is 7.17. The summed E-state index contributed by atoms with van der Waals surface area (Å²) in [5, 5.41) is 4.69. The van der Waals surface area contributed by atoms with Gasteiger partial charge in [0.25, 0.3) is 0 Å². The summed E-state index contributed by atoms with van der Waals surface area (Å²) in [6, 6.07) is 6.49. The first-order valence-electron chi connectivity index (χ1n) is 6.62. The van der Waals surface area contributed by atoms with Crippen molar-refractivity contribution in [3.63, 3.8) is 0 Å². The molecular formula is C16H22N2S. The molecular weight excluding hydrogens is 252 g/mol. The number of nitrogens with zero attached hydrogens (tertiary/aromatic N) is 1. The number of nitrogens with one attached hydrogen (secondary N) is 1. The van der Waals surface area contributed by atoms with Crippen LogP contribution in [0, 0.1) is 13.8 Å². The third kappa shape index (κ3) is 3.57. The van der Waals surface area contributed by atoms with Gasteiger partial charge in [-0.1, -0.05) is 38.5 Å². The van der Waals surface area contributed by atoms with Crippen molar-refractivity contribution in [2.75, 3.05) is 5.32 Å². The fraction of sp³-hybridized carbons (Fsp3) is 0.438. The SMILES string of the molecule is Cc1ccc(NCc2cnc(C(C)(C)C)s2)c(C)c1. The quantitative estimate of drug-likeness (QED) is 0.879. The molecule has 2 aromatic rings. The zero-order chi connectivity index (χ0) is 14.0. The Hall–Kier alpha value is -1.35. The van der Waals surface area contributed by atoms with Gasteiger partial charge >= 0.3 is 0 Å². The zero-order valence-corrected chi connectivity index (χ0v) is 13.2. The van der Waals surface area contributed by atoms with Crippen molar-refractivity contribution in [1.82, 2.24) is 4.98 Å². The first-order valence-corrected chi connectivity index (χ1v) is 7.44. The number of thiazole rings is 1. The number of aryl methyl sites for hydroxylation is 2. The molecule has 0 aliphatic carbocycles. The first-order chi connectivity index (χ1) is 8.86. The van der Waals surface area contributed by atoms with Crippen LogP contribution in [0.3, 0.4) is 0 Å². The summed E-state index contributed by atoms with van der Waals surface area (Å²) in [5.74, 6) is 0. The Labute approximate surface area is 119 Å². The lowest BCUT2D eigenvalue weighted by molar-refractivity contribution is 0.585. The van der Waals surface area contributed by atoms with E-state index in [0.29, 0.717) is 0 Å². The van der Waals surface area contributed by atoms with Crippen LogP contribution < -0.4 is 5.32 Å². The lowest BCUT2D eigenvalue weighted by Crippen LogP contribution is -2.09. The van der Waals surface area contributed by atoms with Crippen molar-refractivity contribution in [3.8, 4) is 0 Å². The summed E-state index contributed by atoms with van der Waals surface area (Å²) < 4.78 is 0. The van der Waals surface area contributed by atoms with E-state index in [4.69, 9.17) is 0 Å². The van der Waals surface area contributed by atoms with Crippen molar-refractivity contribution < 1.29 is 0 Å². The summed E-state index contributed by atoms with van der Waals surface area (Å²) >= 11 is 1.79. The van der Waals surface area contributed by atoms with E-state index in [0.717, 1.165) is 6.54 Å². The van der Waals surface area contributed by atoms with Crippen molar-refractivity contribution in [1.29, 1.82) is 0 Å². The molecule has 0 spiro atoms. The molecule has 0 amide bonds. The number of aromatic nitrogens is 1. The van der Waals surface area contributed by atoms with E-state index >= 15 is 0 Å². The minimum atomic E-state index is 0.142.